The van der Waals surface area contributed by atoms with E-state index < -0.39 is 0 Å². The van der Waals surface area contributed by atoms with E-state index in [1.807, 2.05) is 6.20 Å². The first kappa shape index (κ1) is 14.8. The van der Waals surface area contributed by atoms with Gasteiger partial charge in [0.25, 0.3) is 0 Å². The summed E-state index contributed by atoms with van der Waals surface area (Å²) in [6.07, 6.45) is 10.7. The number of fused-ring (bicyclic) bond motifs is 3. The molecule has 1 aliphatic heterocycles. The molecule has 1 fully saturated rings. The van der Waals surface area contributed by atoms with Crippen molar-refractivity contribution in [2.75, 3.05) is 6.54 Å². The predicted octanol–water partition coefficient (Wildman–Crippen LogP) is 5.02. The van der Waals surface area contributed by atoms with Crippen LogP contribution in [0.25, 0.3) is 27.4 Å². The highest BCUT2D eigenvalue weighted by Gasteiger charge is 2.22. The summed E-state index contributed by atoms with van der Waals surface area (Å²) in [5.41, 5.74) is 7.00. The number of nitrogens with one attached hydrogen (secondary N) is 1. The Hall–Kier alpha value is -2.49. The van der Waals surface area contributed by atoms with Gasteiger partial charge in [0.1, 0.15) is 0 Å². The topological polar surface area (TPSA) is 53.9 Å². The Bertz CT molecular complexity index is 1020. The molecule has 0 unspecified atom stereocenters. The third-order valence-electron chi connectivity index (χ3n) is 5.76. The lowest BCUT2D eigenvalue weighted by molar-refractivity contribution is 0.445. The van der Waals surface area contributed by atoms with Gasteiger partial charge in [-0.25, -0.2) is 4.98 Å². The third kappa shape index (κ3) is 2.39. The van der Waals surface area contributed by atoms with Gasteiger partial charge >= 0.3 is 0 Å². The fraction of sp³-hybridized carbons (Fsp3) is 0.381. The summed E-state index contributed by atoms with van der Waals surface area (Å²) in [6, 6.07) is 6.56. The van der Waals surface area contributed by atoms with Crippen LogP contribution in [0.2, 0.25) is 0 Å². The van der Waals surface area contributed by atoms with Crippen molar-refractivity contribution in [1.82, 2.24) is 15.2 Å². The summed E-state index contributed by atoms with van der Waals surface area (Å²) in [5, 5.41) is 9.86. The van der Waals surface area contributed by atoms with Crippen LogP contribution < -0.4 is 0 Å². The van der Waals surface area contributed by atoms with E-state index >= 15 is 0 Å². The molecule has 0 radical (unpaired) electrons. The van der Waals surface area contributed by atoms with Gasteiger partial charge in [-0.1, -0.05) is 25.3 Å². The molecule has 0 atom stereocenters. The molecule has 4 heteroatoms. The van der Waals surface area contributed by atoms with Crippen molar-refractivity contribution in [3.05, 3.63) is 41.7 Å². The van der Waals surface area contributed by atoms with E-state index in [4.69, 9.17) is 4.98 Å². The van der Waals surface area contributed by atoms with Crippen LogP contribution in [0.4, 0.5) is 0 Å². The molecule has 0 saturated heterocycles. The monoisotopic (exact) mass is 330 g/mol. The Labute approximate surface area is 147 Å². The quantitative estimate of drug-likeness (QED) is 0.717. The second-order valence-corrected chi connectivity index (χ2v) is 7.27. The normalized spacial score (nSPS) is 18.8. The van der Waals surface area contributed by atoms with Crippen LogP contribution in [0.5, 0.6) is 0 Å². The molecule has 0 spiro atoms. The molecule has 1 aliphatic carbocycles. The summed E-state index contributed by atoms with van der Waals surface area (Å²) < 4.78 is 0. The molecule has 5 rings (SSSR count). The summed E-state index contributed by atoms with van der Waals surface area (Å²) in [5.74, 6) is 0.623. The standard InChI is InChI=1S/C21H22N4/c1-13-15(9-10-22-13)20-11-16(14-5-3-2-4-6-14)21-17-12-23-25-18(17)7-8-19(21)24-20/h7-9,11-12,14H,2-6,10H2,1H3,(H,23,25). The molecule has 0 amide bonds. The zero-order valence-corrected chi connectivity index (χ0v) is 14.5. The molecular weight excluding hydrogens is 308 g/mol. The lowest BCUT2D eigenvalue weighted by Crippen LogP contribution is -2.07. The van der Waals surface area contributed by atoms with Crippen molar-refractivity contribution in [2.45, 2.75) is 44.9 Å². The average molecular weight is 330 g/mol. The summed E-state index contributed by atoms with van der Waals surface area (Å²) in [4.78, 5) is 9.53. The van der Waals surface area contributed by atoms with E-state index in [-0.39, 0.29) is 0 Å². The summed E-state index contributed by atoms with van der Waals surface area (Å²) in [6.45, 7) is 2.87. The van der Waals surface area contributed by atoms with Crippen LogP contribution in [0.3, 0.4) is 0 Å². The van der Waals surface area contributed by atoms with Gasteiger partial charge in [0, 0.05) is 22.1 Å². The Morgan fingerprint density at radius 1 is 1.12 bits per heavy atom. The predicted molar refractivity (Wildman–Crippen MR) is 103 cm³/mol. The highest BCUT2D eigenvalue weighted by atomic mass is 15.1. The van der Waals surface area contributed by atoms with Gasteiger partial charge in [-0.05, 0) is 49.4 Å². The third-order valence-corrected chi connectivity index (χ3v) is 5.76. The van der Waals surface area contributed by atoms with E-state index in [0.717, 1.165) is 29.0 Å². The Balaban J connectivity index is 1.79. The molecule has 2 aliphatic rings. The van der Waals surface area contributed by atoms with Crippen molar-refractivity contribution in [3.8, 4) is 0 Å². The van der Waals surface area contributed by atoms with Gasteiger partial charge in [-0.2, -0.15) is 5.10 Å². The number of hydrogen-bond donors (Lipinski definition) is 1. The fourth-order valence-electron chi connectivity index (χ4n) is 4.45. The second-order valence-electron chi connectivity index (χ2n) is 7.27. The van der Waals surface area contributed by atoms with Crippen LogP contribution in [-0.2, 0) is 0 Å². The lowest BCUT2D eigenvalue weighted by atomic mass is 9.81. The molecule has 1 aromatic carbocycles. The van der Waals surface area contributed by atoms with Crippen molar-refractivity contribution < 1.29 is 0 Å². The number of benzene rings is 1. The zero-order valence-electron chi connectivity index (χ0n) is 14.5. The van der Waals surface area contributed by atoms with Gasteiger partial charge in [0.05, 0.1) is 29.5 Å². The molecule has 25 heavy (non-hydrogen) atoms. The molecule has 0 bridgehead atoms. The van der Waals surface area contributed by atoms with Crippen molar-refractivity contribution >= 4 is 33.1 Å². The first-order valence-corrected chi connectivity index (χ1v) is 9.30. The van der Waals surface area contributed by atoms with E-state index in [1.54, 1.807) is 0 Å². The minimum atomic E-state index is 0.623. The smallest absolute Gasteiger partial charge is 0.0728 e. The highest BCUT2D eigenvalue weighted by molar-refractivity contribution is 6.24. The molecule has 1 N–H and O–H groups in total. The van der Waals surface area contributed by atoms with Crippen molar-refractivity contribution in [3.63, 3.8) is 0 Å². The molecule has 2 aromatic heterocycles. The first-order chi connectivity index (χ1) is 12.3. The minimum Gasteiger partial charge on any atom is -0.285 e. The number of aromatic nitrogens is 3. The van der Waals surface area contributed by atoms with Gasteiger partial charge in [-0.15, -0.1) is 0 Å². The molecule has 1 saturated carbocycles. The summed E-state index contributed by atoms with van der Waals surface area (Å²) >= 11 is 0. The number of nitrogens with zero attached hydrogens (tertiary/aromatic N) is 3. The van der Waals surface area contributed by atoms with Crippen molar-refractivity contribution in [2.24, 2.45) is 4.99 Å². The number of H-pyrrole nitrogens is 1. The fourth-order valence-corrected chi connectivity index (χ4v) is 4.45. The van der Waals surface area contributed by atoms with E-state index in [1.165, 1.54) is 54.0 Å². The number of allylic oxidation sites excluding steroid dienone is 1. The van der Waals surface area contributed by atoms with E-state index in [2.05, 4.69) is 46.4 Å². The number of aromatic amines is 1. The number of aliphatic imine (C=N–C) groups is 1. The summed E-state index contributed by atoms with van der Waals surface area (Å²) in [7, 11) is 0. The zero-order chi connectivity index (χ0) is 16.8. The van der Waals surface area contributed by atoms with Crippen LogP contribution in [-0.4, -0.2) is 27.4 Å². The Morgan fingerprint density at radius 2 is 2.00 bits per heavy atom. The van der Waals surface area contributed by atoms with Gasteiger partial charge < -0.3 is 0 Å². The second kappa shape index (κ2) is 5.80. The van der Waals surface area contributed by atoms with Gasteiger partial charge in [0.2, 0.25) is 0 Å². The van der Waals surface area contributed by atoms with Crippen molar-refractivity contribution in [1.29, 1.82) is 0 Å². The van der Waals surface area contributed by atoms with Gasteiger partial charge in [0.15, 0.2) is 0 Å². The van der Waals surface area contributed by atoms with E-state index in [0.29, 0.717) is 5.92 Å². The average Bonchev–Trinajstić information content (AvgIpc) is 3.30. The largest absolute Gasteiger partial charge is 0.285 e. The SMILES string of the molecule is CC1=NCC=C1c1cc(C2CCCCC2)c2c(ccc3[nH]ncc32)n1. The maximum atomic E-state index is 5.00. The van der Waals surface area contributed by atoms with Crippen LogP contribution in [0, 0.1) is 0 Å². The van der Waals surface area contributed by atoms with E-state index in [9.17, 15) is 0 Å². The number of rotatable bonds is 2. The first-order valence-electron chi connectivity index (χ1n) is 9.30. The molecule has 3 aromatic rings. The van der Waals surface area contributed by atoms with Crippen LogP contribution in [0.15, 0.2) is 35.5 Å². The lowest BCUT2D eigenvalue weighted by Gasteiger charge is -2.24. The molecule has 3 heterocycles. The number of hydrogen-bond acceptors (Lipinski definition) is 3. The maximum absolute atomic E-state index is 5.00. The van der Waals surface area contributed by atoms with Crippen LogP contribution in [0.1, 0.15) is 56.2 Å². The Morgan fingerprint density at radius 3 is 2.80 bits per heavy atom. The highest BCUT2D eigenvalue weighted by Crippen LogP contribution is 2.39. The van der Waals surface area contributed by atoms with Gasteiger partial charge in [-0.3, -0.25) is 10.1 Å². The number of pyridine rings is 1. The van der Waals surface area contributed by atoms with Crippen LogP contribution >= 0.6 is 0 Å². The molecule has 126 valence electrons. The minimum absolute atomic E-state index is 0.623. The Kier molecular flexibility index (Phi) is 3.44. The molecular formula is C21H22N4. The molecule has 4 nitrogen and oxygen atoms in total. The maximum Gasteiger partial charge on any atom is 0.0728 e.